The van der Waals surface area contributed by atoms with E-state index in [1.54, 1.807) is 6.33 Å². The van der Waals surface area contributed by atoms with Gasteiger partial charge >= 0.3 is 0 Å². The van der Waals surface area contributed by atoms with Gasteiger partial charge in [-0.05, 0) is 6.42 Å². The van der Waals surface area contributed by atoms with Gasteiger partial charge in [-0.2, -0.15) is 0 Å². The predicted octanol–water partition coefficient (Wildman–Crippen LogP) is -0.665. The van der Waals surface area contributed by atoms with Gasteiger partial charge in [0.1, 0.15) is 12.2 Å². The fraction of sp³-hybridized carbons (Fsp3) is 0.769. The Morgan fingerprint density at radius 3 is 2.65 bits per heavy atom. The number of hydrogen-bond donors (Lipinski definition) is 3. The Bertz CT molecular complexity index is 583. The van der Waals surface area contributed by atoms with Crippen LogP contribution in [-0.2, 0) is 23.0 Å². The van der Waals surface area contributed by atoms with Crippen molar-refractivity contribution in [3.05, 3.63) is 12.2 Å². The first kappa shape index (κ1) is 19.4. The molecule has 0 fully saturated rings. The predicted molar refractivity (Wildman–Crippen MR) is 90.8 cm³/mol. The van der Waals surface area contributed by atoms with E-state index in [1.165, 1.54) is 0 Å². The van der Waals surface area contributed by atoms with Crippen molar-refractivity contribution in [2.45, 2.75) is 33.2 Å². The Morgan fingerprint density at radius 1 is 1.26 bits per heavy atom. The lowest BCUT2D eigenvalue weighted by Crippen LogP contribution is -2.42. The van der Waals surface area contributed by atoms with E-state index in [9.17, 15) is 8.42 Å². The minimum absolute atomic E-state index is 0.317. The highest BCUT2D eigenvalue weighted by atomic mass is 32.2. The van der Waals surface area contributed by atoms with Gasteiger partial charge in [0.05, 0.1) is 6.26 Å². The molecule has 0 atom stereocenters. The van der Waals surface area contributed by atoms with Crippen molar-refractivity contribution in [3.8, 4) is 0 Å². The van der Waals surface area contributed by atoms with Crippen molar-refractivity contribution >= 4 is 16.0 Å². The normalized spacial score (nSPS) is 12.4. The van der Waals surface area contributed by atoms with Crippen LogP contribution in [0.25, 0.3) is 0 Å². The van der Waals surface area contributed by atoms with E-state index in [0.29, 0.717) is 32.1 Å². The molecule has 0 saturated heterocycles. The Kier molecular flexibility index (Phi) is 8.56. The van der Waals surface area contributed by atoms with E-state index in [0.717, 1.165) is 31.5 Å². The standard InChI is InChI=1S/C13H27N7O2S/c1-4-6-14-13(15-7-8-18-23(3,21)22)16-9-10-20-11-17-19-12(20)5-2/h11,18H,4-10H2,1-3H3,(H2,14,15,16). The van der Waals surface area contributed by atoms with Gasteiger partial charge in [-0.15, -0.1) is 10.2 Å². The number of sulfonamides is 1. The molecule has 0 amide bonds. The number of nitrogens with zero attached hydrogens (tertiary/aromatic N) is 4. The highest BCUT2D eigenvalue weighted by molar-refractivity contribution is 7.88. The fourth-order valence-corrected chi connectivity index (χ4v) is 2.32. The quantitative estimate of drug-likeness (QED) is 0.295. The maximum atomic E-state index is 11.0. The minimum atomic E-state index is -3.16. The maximum Gasteiger partial charge on any atom is 0.208 e. The summed E-state index contributed by atoms with van der Waals surface area (Å²) in [6.45, 7) is 7.01. The van der Waals surface area contributed by atoms with Crippen LogP contribution >= 0.6 is 0 Å². The smallest absolute Gasteiger partial charge is 0.208 e. The zero-order valence-corrected chi connectivity index (χ0v) is 14.9. The molecule has 0 bridgehead atoms. The molecule has 0 unspecified atom stereocenters. The Labute approximate surface area is 138 Å². The highest BCUT2D eigenvalue weighted by Gasteiger charge is 2.03. The van der Waals surface area contributed by atoms with E-state index in [4.69, 9.17) is 0 Å². The van der Waals surface area contributed by atoms with Crippen molar-refractivity contribution in [1.29, 1.82) is 0 Å². The van der Waals surface area contributed by atoms with E-state index < -0.39 is 10.0 Å². The summed E-state index contributed by atoms with van der Waals surface area (Å²) in [6.07, 6.45) is 4.64. The molecule has 0 saturated carbocycles. The maximum absolute atomic E-state index is 11.0. The molecule has 9 nitrogen and oxygen atoms in total. The largest absolute Gasteiger partial charge is 0.355 e. The zero-order valence-electron chi connectivity index (χ0n) is 14.0. The number of aliphatic imine (C=N–C) groups is 1. The Hall–Kier alpha value is -1.68. The number of rotatable bonds is 10. The molecule has 1 rings (SSSR count). The second kappa shape index (κ2) is 10.2. The monoisotopic (exact) mass is 345 g/mol. The van der Waals surface area contributed by atoms with Crippen molar-refractivity contribution in [2.75, 3.05) is 32.4 Å². The number of nitrogens with one attached hydrogen (secondary N) is 3. The molecule has 10 heteroatoms. The molecule has 0 radical (unpaired) electrons. The summed E-state index contributed by atoms with van der Waals surface area (Å²) in [7, 11) is -3.16. The van der Waals surface area contributed by atoms with Crippen molar-refractivity contribution in [3.63, 3.8) is 0 Å². The summed E-state index contributed by atoms with van der Waals surface area (Å²) in [4.78, 5) is 4.41. The second-order valence-corrected chi connectivity index (χ2v) is 6.88. The third-order valence-corrected chi connectivity index (χ3v) is 3.66. The van der Waals surface area contributed by atoms with Gasteiger partial charge in [-0.25, -0.2) is 13.1 Å². The number of aromatic nitrogens is 3. The van der Waals surface area contributed by atoms with E-state index in [2.05, 4.69) is 37.5 Å². The molecule has 3 N–H and O–H groups in total. The van der Waals surface area contributed by atoms with Crippen molar-refractivity contribution in [2.24, 2.45) is 4.99 Å². The lowest BCUT2D eigenvalue weighted by Gasteiger charge is -2.13. The zero-order chi connectivity index (χ0) is 17.1. The van der Waals surface area contributed by atoms with Gasteiger partial charge in [-0.1, -0.05) is 13.8 Å². The van der Waals surface area contributed by atoms with Crippen LogP contribution in [0, 0.1) is 0 Å². The van der Waals surface area contributed by atoms with Crippen LogP contribution in [-0.4, -0.2) is 61.6 Å². The molecule has 0 aliphatic rings. The van der Waals surface area contributed by atoms with E-state index in [-0.39, 0.29) is 0 Å². The highest BCUT2D eigenvalue weighted by Crippen LogP contribution is 1.94. The minimum Gasteiger partial charge on any atom is -0.355 e. The summed E-state index contributed by atoms with van der Waals surface area (Å²) < 4.78 is 26.5. The molecule has 0 aliphatic carbocycles. The number of hydrogen-bond acceptors (Lipinski definition) is 5. The van der Waals surface area contributed by atoms with Gasteiger partial charge in [0.2, 0.25) is 10.0 Å². The van der Waals surface area contributed by atoms with Crippen LogP contribution < -0.4 is 15.4 Å². The summed E-state index contributed by atoms with van der Waals surface area (Å²) >= 11 is 0. The molecule has 1 heterocycles. The third-order valence-electron chi connectivity index (χ3n) is 2.93. The first-order valence-electron chi connectivity index (χ1n) is 7.79. The molecule has 132 valence electrons. The van der Waals surface area contributed by atoms with Crippen LogP contribution in [0.3, 0.4) is 0 Å². The van der Waals surface area contributed by atoms with Gasteiger partial charge in [-0.3, -0.25) is 4.99 Å². The van der Waals surface area contributed by atoms with Crippen LogP contribution in [0.2, 0.25) is 0 Å². The molecule has 23 heavy (non-hydrogen) atoms. The van der Waals surface area contributed by atoms with Crippen molar-refractivity contribution < 1.29 is 8.42 Å². The summed E-state index contributed by atoms with van der Waals surface area (Å²) in [5, 5.41) is 14.3. The fourth-order valence-electron chi connectivity index (χ4n) is 1.85. The van der Waals surface area contributed by atoms with Crippen LogP contribution in [0.4, 0.5) is 0 Å². The molecule has 1 aromatic heterocycles. The number of aryl methyl sites for hydroxylation is 1. The molecule has 0 aliphatic heterocycles. The average molecular weight is 345 g/mol. The van der Waals surface area contributed by atoms with E-state index in [1.807, 2.05) is 11.5 Å². The molecular formula is C13H27N7O2S. The number of guanidine groups is 1. The van der Waals surface area contributed by atoms with Gasteiger partial charge in [0, 0.05) is 39.1 Å². The average Bonchev–Trinajstić information content (AvgIpc) is 2.94. The first-order valence-corrected chi connectivity index (χ1v) is 9.69. The Morgan fingerprint density at radius 2 is 2.00 bits per heavy atom. The lowest BCUT2D eigenvalue weighted by molar-refractivity contribution is 0.586. The second-order valence-electron chi connectivity index (χ2n) is 5.04. The molecular weight excluding hydrogens is 318 g/mol. The van der Waals surface area contributed by atoms with Gasteiger partial charge < -0.3 is 15.2 Å². The molecule has 0 spiro atoms. The summed E-state index contributed by atoms with van der Waals surface area (Å²) in [6, 6.07) is 0. The van der Waals surface area contributed by atoms with Gasteiger partial charge in [0.25, 0.3) is 0 Å². The van der Waals surface area contributed by atoms with Crippen LogP contribution in [0.1, 0.15) is 26.1 Å². The van der Waals surface area contributed by atoms with Crippen LogP contribution in [0.15, 0.2) is 11.3 Å². The van der Waals surface area contributed by atoms with E-state index >= 15 is 0 Å². The SMILES string of the molecule is CCCN=C(NCCNS(C)(=O)=O)NCCn1cnnc1CC. The van der Waals surface area contributed by atoms with Gasteiger partial charge in [0.15, 0.2) is 5.96 Å². The third kappa shape index (κ3) is 8.50. The van der Waals surface area contributed by atoms with Crippen LogP contribution in [0.5, 0.6) is 0 Å². The first-order chi connectivity index (χ1) is 11.0. The van der Waals surface area contributed by atoms with Crippen molar-refractivity contribution in [1.82, 2.24) is 30.1 Å². The lowest BCUT2D eigenvalue weighted by atomic mass is 10.4. The summed E-state index contributed by atoms with van der Waals surface area (Å²) in [5.41, 5.74) is 0. The molecule has 0 aromatic carbocycles. The Balaban J connectivity index is 2.39. The molecule has 1 aromatic rings. The topological polar surface area (TPSA) is 113 Å². The summed E-state index contributed by atoms with van der Waals surface area (Å²) in [5.74, 6) is 1.62.